The minimum absolute atomic E-state index is 0.281. The lowest BCUT2D eigenvalue weighted by atomic mass is 10.4. The maximum Gasteiger partial charge on any atom is 0.264 e. The molecule has 0 aromatic carbocycles. The van der Waals surface area contributed by atoms with Crippen molar-refractivity contribution in [3.05, 3.63) is 0 Å². The van der Waals surface area contributed by atoms with Crippen LogP contribution in [-0.4, -0.2) is 38.7 Å². The zero-order valence-corrected chi connectivity index (χ0v) is 9.48. The van der Waals surface area contributed by atoms with Crippen molar-refractivity contribution < 1.29 is 22.1 Å². The van der Waals surface area contributed by atoms with Crippen LogP contribution in [0.2, 0.25) is 0 Å². The standard InChI is InChI=1S/C6H15O5PS/c1-11-12(2,7)5-3-4-6-13(8,9)10/h3-6H2,1-2H3,(H,8,9,10). The Hall–Kier alpha value is 0.100. The number of rotatable bonds is 6. The fourth-order valence-electron chi connectivity index (χ4n) is 0.775. The van der Waals surface area contributed by atoms with Crippen LogP contribution in [0.15, 0.2) is 0 Å². The molecule has 5 nitrogen and oxygen atoms in total. The van der Waals surface area contributed by atoms with Gasteiger partial charge in [0.2, 0.25) is 0 Å². The molecule has 0 aliphatic carbocycles. The molecule has 0 spiro atoms. The van der Waals surface area contributed by atoms with Crippen LogP contribution in [0.1, 0.15) is 12.8 Å². The van der Waals surface area contributed by atoms with Crippen LogP contribution in [0.3, 0.4) is 0 Å². The number of hydrogen-bond acceptors (Lipinski definition) is 4. The van der Waals surface area contributed by atoms with Crippen LogP contribution in [0, 0.1) is 0 Å². The van der Waals surface area contributed by atoms with E-state index in [1.165, 1.54) is 13.8 Å². The molecule has 0 saturated carbocycles. The summed E-state index contributed by atoms with van der Waals surface area (Å²) in [6.07, 6.45) is 1.13. The lowest BCUT2D eigenvalue weighted by Gasteiger charge is -2.08. The minimum Gasteiger partial charge on any atom is -0.332 e. The van der Waals surface area contributed by atoms with Gasteiger partial charge in [-0.3, -0.25) is 9.12 Å². The highest BCUT2D eigenvalue weighted by atomic mass is 32.2. The molecule has 0 fully saturated rings. The fourth-order valence-corrected chi connectivity index (χ4v) is 2.32. The molecule has 0 amide bonds. The monoisotopic (exact) mass is 230 g/mol. The third kappa shape index (κ3) is 8.43. The third-order valence-corrected chi connectivity index (χ3v) is 4.31. The normalized spacial score (nSPS) is 16.8. The highest BCUT2D eigenvalue weighted by Gasteiger charge is 2.13. The molecular formula is C6H15O5PS. The van der Waals surface area contributed by atoms with Gasteiger partial charge in [0.25, 0.3) is 10.1 Å². The lowest BCUT2D eigenvalue weighted by molar-refractivity contribution is 0.397. The van der Waals surface area contributed by atoms with E-state index in [2.05, 4.69) is 0 Å². The van der Waals surface area contributed by atoms with Gasteiger partial charge in [0.15, 0.2) is 7.37 Å². The van der Waals surface area contributed by atoms with Gasteiger partial charge in [0, 0.05) is 19.9 Å². The van der Waals surface area contributed by atoms with E-state index in [-0.39, 0.29) is 5.75 Å². The summed E-state index contributed by atoms with van der Waals surface area (Å²) in [5, 5.41) is 0. The zero-order valence-electron chi connectivity index (χ0n) is 7.76. The molecule has 1 atom stereocenters. The number of hydrogen-bond donors (Lipinski definition) is 1. The van der Waals surface area contributed by atoms with Gasteiger partial charge >= 0.3 is 0 Å². The molecule has 0 rings (SSSR count). The molecule has 0 aromatic rings. The Morgan fingerprint density at radius 2 is 1.92 bits per heavy atom. The van der Waals surface area contributed by atoms with E-state index in [0.717, 1.165) is 0 Å². The second kappa shape index (κ2) is 5.10. The molecule has 1 unspecified atom stereocenters. The minimum atomic E-state index is -3.88. The first-order chi connectivity index (χ1) is 5.77. The third-order valence-electron chi connectivity index (χ3n) is 1.60. The molecular weight excluding hydrogens is 215 g/mol. The van der Waals surface area contributed by atoms with Gasteiger partial charge in [-0.05, 0) is 12.8 Å². The molecule has 1 N–H and O–H groups in total. The second-order valence-corrected chi connectivity index (χ2v) is 7.33. The topological polar surface area (TPSA) is 80.7 Å². The summed E-state index contributed by atoms with van der Waals surface area (Å²) < 4.78 is 44.9. The Bertz CT molecular complexity index is 283. The average Bonchev–Trinajstić information content (AvgIpc) is 1.97. The van der Waals surface area contributed by atoms with Gasteiger partial charge in [-0.15, -0.1) is 0 Å². The second-order valence-electron chi connectivity index (χ2n) is 2.91. The smallest absolute Gasteiger partial charge is 0.264 e. The highest BCUT2D eigenvalue weighted by molar-refractivity contribution is 7.85. The van der Waals surface area contributed by atoms with Gasteiger partial charge in [0.1, 0.15) is 0 Å². The van der Waals surface area contributed by atoms with E-state index in [9.17, 15) is 13.0 Å². The van der Waals surface area contributed by atoms with E-state index in [1.807, 2.05) is 0 Å². The van der Waals surface area contributed by atoms with E-state index in [0.29, 0.717) is 19.0 Å². The molecule has 13 heavy (non-hydrogen) atoms. The lowest BCUT2D eigenvalue weighted by Crippen LogP contribution is -2.04. The Balaban J connectivity index is 3.65. The van der Waals surface area contributed by atoms with Crippen molar-refractivity contribution in [3.63, 3.8) is 0 Å². The first kappa shape index (κ1) is 13.1. The van der Waals surface area contributed by atoms with Crippen molar-refractivity contribution in [2.24, 2.45) is 0 Å². The molecule has 0 bridgehead atoms. The summed E-state index contributed by atoms with van der Waals surface area (Å²) in [5.41, 5.74) is 0. The molecule has 0 aliphatic heterocycles. The van der Waals surface area contributed by atoms with Crippen molar-refractivity contribution in [3.8, 4) is 0 Å². The summed E-state index contributed by atoms with van der Waals surface area (Å²) in [4.78, 5) is 0. The van der Waals surface area contributed by atoms with Crippen LogP contribution >= 0.6 is 7.37 Å². The van der Waals surface area contributed by atoms with Gasteiger partial charge in [0.05, 0.1) is 5.75 Å². The van der Waals surface area contributed by atoms with Crippen molar-refractivity contribution in [2.45, 2.75) is 12.8 Å². The van der Waals surface area contributed by atoms with E-state index >= 15 is 0 Å². The van der Waals surface area contributed by atoms with Crippen molar-refractivity contribution in [2.75, 3.05) is 25.7 Å². The Labute approximate surface area is 78.7 Å². The maximum atomic E-state index is 11.3. The molecule has 0 saturated heterocycles. The van der Waals surface area contributed by atoms with Gasteiger partial charge in [-0.2, -0.15) is 8.42 Å². The molecule has 0 aliphatic rings. The van der Waals surface area contributed by atoms with Gasteiger partial charge in [-0.25, -0.2) is 0 Å². The fraction of sp³-hybridized carbons (Fsp3) is 1.00. The van der Waals surface area contributed by atoms with Crippen LogP contribution in [-0.2, 0) is 19.2 Å². The van der Waals surface area contributed by atoms with E-state index < -0.39 is 17.5 Å². The van der Waals surface area contributed by atoms with E-state index in [4.69, 9.17) is 9.08 Å². The molecule has 0 heterocycles. The zero-order chi connectivity index (χ0) is 10.5. The number of unbranched alkanes of at least 4 members (excludes halogenated alkanes) is 1. The Morgan fingerprint density at radius 3 is 2.31 bits per heavy atom. The predicted octanol–water partition coefficient (Wildman–Crippen LogP) is 1.21. The summed E-state index contributed by atoms with van der Waals surface area (Å²) in [5.74, 6) is -0.281. The van der Waals surface area contributed by atoms with Crippen LogP contribution in [0.5, 0.6) is 0 Å². The maximum absolute atomic E-state index is 11.3. The van der Waals surface area contributed by atoms with Crippen molar-refractivity contribution in [1.82, 2.24) is 0 Å². The Morgan fingerprint density at radius 1 is 1.38 bits per heavy atom. The Kier molecular flexibility index (Phi) is 5.14. The molecule has 0 radical (unpaired) electrons. The SMILES string of the molecule is COP(C)(=O)CCCCS(=O)(=O)O. The first-order valence-electron chi connectivity index (χ1n) is 3.84. The average molecular weight is 230 g/mol. The van der Waals surface area contributed by atoms with Crippen molar-refractivity contribution >= 4 is 17.5 Å². The van der Waals surface area contributed by atoms with E-state index in [1.54, 1.807) is 0 Å². The van der Waals surface area contributed by atoms with Crippen LogP contribution < -0.4 is 0 Å². The summed E-state index contributed by atoms with van der Waals surface area (Å²) >= 11 is 0. The molecule has 80 valence electrons. The summed E-state index contributed by atoms with van der Waals surface area (Å²) in [6.45, 7) is 1.50. The molecule has 0 aromatic heterocycles. The van der Waals surface area contributed by atoms with Crippen LogP contribution in [0.4, 0.5) is 0 Å². The predicted molar refractivity (Wildman–Crippen MR) is 51.1 cm³/mol. The van der Waals surface area contributed by atoms with Gasteiger partial charge < -0.3 is 4.52 Å². The summed E-state index contributed by atoms with van der Waals surface area (Å²) in [7, 11) is -5.05. The largest absolute Gasteiger partial charge is 0.332 e. The quantitative estimate of drug-likeness (QED) is 0.421. The summed E-state index contributed by atoms with van der Waals surface area (Å²) in [6, 6.07) is 0. The first-order valence-corrected chi connectivity index (χ1v) is 7.71. The van der Waals surface area contributed by atoms with Crippen molar-refractivity contribution in [1.29, 1.82) is 0 Å². The van der Waals surface area contributed by atoms with Crippen LogP contribution in [0.25, 0.3) is 0 Å². The highest BCUT2D eigenvalue weighted by Crippen LogP contribution is 2.41. The molecule has 7 heteroatoms. The van der Waals surface area contributed by atoms with Gasteiger partial charge in [-0.1, -0.05) is 0 Å².